The second kappa shape index (κ2) is 8.41. The minimum absolute atomic E-state index is 0.284. The van der Waals surface area contributed by atoms with E-state index in [0.29, 0.717) is 22.6 Å². The van der Waals surface area contributed by atoms with Gasteiger partial charge >= 0.3 is 0 Å². The van der Waals surface area contributed by atoms with E-state index in [4.69, 9.17) is 14.2 Å². The van der Waals surface area contributed by atoms with Crippen LogP contribution in [-0.4, -0.2) is 50.2 Å². The predicted molar refractivity (Wildman–Crippen MR) is 124 cm³/mol. The second-order valence-corrected chi connectivity index (χ2v) is 9.66. The molecule has 178 valence electrons. The fourth-order valence-corrected chi connectivity index (χ4v) is 4.90. The molecule has 6 rings (SSSR count). The monoisotopic (exact) mass is 465 g/mol. The van der Waals surface area contributed by atoms with E-state index in [1.165, 1.54) is 25.3 Å². The number of hydrogen-bond acceptors (Lipinski definition) is 7. The van der Waals surface area contributed by atoms with Crippen molar-refractivity contribution in [2.75, 3.05) is 11.9 Å². The zero-order valence-electron chi connectivity index (χ0n) is 19.2. The molecule has 4 heterocycles. The third-order valence-corrected chi connectivity index (χ3v) is 6.85. The summed E-state index contributed by atoms with van der Waals surface area (Å²) in [4.78, 5) is 13.5. The zero-order chi connectivity index (χ0) is 23.3. The third kappa shape index (κ3) is 3.87. The molecule has 0 unspecified atom stereocenters. The lowest BCUT2D eigenvalue weighted by Gasteiger charge is -2.25. The number of imidazole rings is 1. The zero-order valence-corrected chi connectivity index (χ0v) is 19.2. The van der Waals surface area contributed by atoms with Gasteiger partial charge in [-0.1, -0.05) is 36.8 Å². The Hall–Kier alpha value is -2.88. The van der Waals surface area contributed by atoms with Gasteiger partial charge < -0.3 is 19.5 Å². The van der Waals surface area contributed by atoms with Crippen molar-refractivity contribution in [3.05, 3.63) is 54.4 Å². The van der Waals surface area contributed by atoms with E-state index in [1.54, 1.807) is 36.9 Å². The van der Waals surface area contributed by atoms with Crippen LogP contribution in [0.2, 0.25) is 0 Å². The van der Waals surface area contributed by atoms with E-state index < -0.39 is 18.1 Å². The van der Waals surface area contributed by atoms with Gasteiger partial charge in [0, 0.05) is 12.1 Å². The molecule has 2 aromatic heterocycles. The SMILES string of the molecule is CC1(C)O[C@@H]2[C@H](O1)[C@@H](C=Cc1ccccc1F)O[C@H]2n1cnc2c(NCC3CCC3)ncnc21. The van der Waals surface area contributed by atoms with Crippen LogP contribution in [0.1, 0.15) is 44.9 Å². The summed E-state index contributed by atoms with van der Waals surface area (Å²) in [5.74, 6) is 0.375. The van der Waals surface area contributed by atoms with Crippen molar-refractivity contribution in [1.29, 1.82) is 0 Å². The highest BCUT2D eigenvalue weighted by Gasteiger charge is 2.55. The van der Waals surface area contributed by atoms with Gasteiger partial charge in [-0.05, 0) is 38.7 Å². The van der Waals surface area contributed by atoms with Crippen molar-refractivity contribution in [2.24, 2.45) is 5.92 Å². The largest absolute Gasteiger partial charge is 0.368 e. The predicted octanol–water partition coefficient (Wildman–Crippen LogP) is 4.31. The number of anilines is 1. The first-order valence-corrected chi connectivity index (χ1v) is 11.8. The molecule has 0 bridgehead atoms. The molecular weight excluding hydrogens is 437 g/mol. The summed E-state index contributed by atoms with van der Waals surface area (Å²) < 4.78 is 34.8. The highest BCUT2D eigenvalue weighted by Crippen LogP contribution is 2.44. The summed E-state index contributed by atoms with van der Waals surface area (Å²) in [7, 11) is 0. The number of fused-ring (bicyclic) bond motifs is 2. The van der Waals surface area contributed by atoms with Crippen LogP contribution in [0, 0.1) is 11.7 Å². The summed E-state index contributed by atoms with van der Waals surface area (Å²) >= 11 is 0. The molecule has 8 nitrogen and oxygen atoms in total. The number of nitrogens with zero attached hydrogens (tertiary/aromatic N) is 4. The first-order chi connectivity index (χ1) is 16.5. The topological polar surface area (TPSA) is 83.3 Å². The highest BCUT2D eigenvalue weighted by atomic mass is 19.1. The molecule has 3 aromatic rings. The summed E-state index contributed by atoms with van der Waals surface area (Å²) in [6.45, 7) is 4.66. The molecule has 0 spiro atoms. The molecule has 1 aromatic carbocycles. The second-order valence-electron chi connectivity index (χ2n) is 9.66. The van der Waals surface area contributed by atoms with E-state index in [2.05, 4.69) is 20.3 Å². The van der Waals surface area contributed by atoms with Gasteiger partial charge in [0.05, 0.1) is 6.33 Å². The number of nitrogens with one attached hydrogen (secondary N) is 1. The van der Waals surface area contributed by atoms with Crippen molar-refractivity contribution < 1.29 is 18.6 Å². The summed E-state index contributed by atoms with van der Waals surface area (Å²) in [6, 6.07) is 6.63. The van der Waals surface area contributed by atoms with Crippen LogP contribution in [0.25, 0.3) is 17.2 Å². The normalized spacial score (nSPS) is 28.4. The average molecular weight is 466 g/mol. The maximum Gasteiger partial charge on any atom is 0.167 e. The molecule has 2 aliphatic heterocycles. The minimum atomic E-state index is -0.762. The van der Waals surface area contributed by atoms with Gasteiger partial charge in [-0.2, -0.15) is 0 Å². The Morgan fingerprint density at radius 1 is 1.15 bits per heavy atom. The first-order valence-electron chi connectivity index (χ1n) is 11.8. The lowest BCUT2D eigenvalue weighted by molar-refractivity contribution is -0.191. The van der Waals surface area contributed by atoms with Crippen LogP contribution in [0.3, 0.4) is 0 Å². The van der Waals surface area contributed by atoms with Gasteiger partial charge in [-0.15, -0.1) is 0 Å². The van der Waals surface area contributed by atoms with E-state index >= 15 is 0 Å². The molecule has 0 amide bonds. The standard InChI is InChI=1S/C25H28FN5O3/c1-25(2)33-20-18(11-10-16-8-3-4-9-17(16)26)32-24(21(20)34-25)31-14-30-19-22(28-13-29-23(19)31)27-12-15-6-5-7-15/h3-4,8-11,13-15,18,20-21,24H,5-7,12H2,1-2H3,(H,27,28,29)/t18-,20-,21-,24-/m1/s1. The molecule has 4 atom stereocenters. The molecule has 1 saturated carbocycles. The van der Waals surface area contributed by atoms with Gasteiger partial charge in [0.15, 0.2) is 29.0 Å². The fraction of sp³-hybridized carbons (Fsp3) is 0.480. The number of halogens is 1. The average Bonchev–Trinajstić information content (AvgIpc) is 3.43. The van der Waals surface area contributed by atoms with E-state index in [1.807, 2.05) is 24.5 Å². The fourth-order valence-electron chi connectivity index (χ4n) is 4.90. The molecule has 34 heavy (non-hydrogen) atoms. The van der Waals surface area contributed by atoms with Crippen LogP contribution >= 0.6 is 0 Å². The molecule has 0 radical (unpaired) electrons. The van der Waals surface area contributed by atoms with Gasteiger partial charge in [0.25, 0.3) is 0 Å². The Balaban J connectivity index is 1.29. The Kier molecular flexibility index (Phi) is 5.35. The number of ether oxygens (including phenoxy) is 3. The van der Waals surface area contributed by atoms with Gasteiger partial charge in [0.2, 0.25) is 0 Å². The van der Waals surface area contributed by atoms with Crippen LogP contribution < -0.4 is 5.32 Å². The van der Waals surface area contributed by atoms with Gasteiger partial charge in [-0.3, -0.25) is 4.57 Å². The quantitative estimate of drug-likeness (QED) is 0.581. The Morgan fingerprint density at radius 3 is 2.76 bits per heavy atom. The Bertz CT molecular complexity index is 1220. The third-order valence-electron chi connectivity index (χ3n) is 6.85. The van der Waals surface area contributed by atoms with Crippen molar-refractivity contribution in [3.8, 4) is 0 Å². The number of aromatic nitrogens is 4. The van der Waals surface area contributed by atoms with Crippen molar-refractivity contribution >= 4 is 23.1 Å². The van der Waals surface area contributed by atoms with Gasteiger partial charge in [-0.25, -0.2) is 19.3 Å². The summed E-state index contributed by atoms with van der Waals surface area (Å²) in [5, 5.41) is 3.44. The van der Waals surface area contributed by atoms with E-state index in [9.17, 15) is 4.39 Å². The molecule has 1 N–H and O–H groups in total. The van der Waals surface area contributed by atoms with E-state index in [0.717, 1.165) is 12.4 Å². The summed E-state index contributed by atoms with van der Waals surface area (Å²) in [5.41, 5.74) is 1.86. The molecule has 3 aliphatic rings. The lowest BCUT2D eigenvalue weighted by atomic mass is 9.85. The lowest BCUT2D eigenvalue weighted by Crippen LogP contribution is -2.28. The first kappa shape index (κ1) is 21.6. The molecule has 1 aliphatic carbocycles. The van der Waals surface area contributed by atoms with Crippen LogP contribution in [0.15, 0.2) is 43.0 Å². The Morgan fingerprint density at radius 2 is 1.97 bits per heavy atom. The smallest absolute Gasteiger partial charge is 0.167 e. The maximum absolute atomic E-state index is 14.1. The van der Waals surface area contributed by atoms with Gasteiger partial charge in [0.1, 0.15) is 30.5 Å². The molecular formula is C25H28FN5O3. The maximum atomic E-state index is 14.1. The van der Waals surface area contributed by atoms with Crippen molar-refractivity contribution in [1.82, 2.24) is 19.5 Å². The summed E-state index contributed by atoms with van der Waals surface area (Å²) in [6.07, 6.45) is 8.98. The van der Waals surface area contributed by atoms with Crippen LogP contribution in [0.4, 0.5) is 10.2 Å². The van der Waals surface area contributed by atoms with Crippen LogP contribution in [-0.2, 0) is 14.2 Å². The van der Waals surface area contributed by atoms with Crippen molar-refractivity contribution in [3.63, 3.8) is 0 Å². The number of hydrogen-bond donors (Lipinski definition) is 1. The van der Waals surface area contributed by atoms with E-state index in [-0.39, 0.29) is 18.0 Å². The number of rotatable bonds is 6. The number of benzene rings is 1. The highest BCUT2D eigenvalue weighted by molar-refractivity contribution is 5.82. The minimum Gasteiger partial charge on any atom is -0.368 e. The molecule has 9 heteroatoms. The Labute approximate surface area is 197 Å². The molecule has 3 fully saturated rings. The van der Waals surface area contributed by atoms with Crippen LogP contribution in [0.5, 0.6) is 0 Å². The van der Waals surface area contributed by atoms with Crippen molar-refractivity contribution in [2.45, 2.75) is 63.4 Å². The molecule has 2 saturated heterocycles.